The Labute approximate surface area is 83.9 Å². The molecule has 0 amide bonds. The van der Waals surface area contributed by atoms with Crippen molar-refractivity contribution in [2.45, 2.75) is 13.5 Å². The average Bonchev–Trinajstić information content (AvgIpc) is 2.25. The Kier molecular flexibility index (Phi) is 4.96. The van der Waals surface area contributed by atoms with Gasteiger partial charge in [-0.25, -0.2) is 0 Å². The van der Waals surface area contributed by atoms with E-state index in [0.29, 0.717) is 12.4 Å². The number of nitrogens with zero attached hydrogens (tertiary/aromatic N) is 1. The van der Waals surface area contributed by atoms with Crippen LogP contribution >= 0.6 is 0 Å². The van der Waals surface area contributed by atoms with Gasteiger partial charge >= 0.3 is 0 Å². The highest BCUT2D eigenvalue weighted by molar-refractivity contribution is 5.19. The SMILES string of the molecule is CCNCc1ccc(OCCO)cn1. The van der Waals surface area contributed by atoms with Gasteiger partial charge in [-0.2, -0.15) is 0 Å². The van der Waals surface area contributed by atoms with Gasteiger partial charge in [0.15, 0.2) is 0 Å². The molecule has 0 spiro atoms. The standard InChI is InChI=1S/C10H16N2O2/c1-2-11-7-9-3-4-10(8-12-9)14-6-5-13/h3-4,8,11,13H,2,5-7H2,1H3. The Hall–Kier alpha value is -1.13. The third-order valence-electron chi connectivity index (χ3n) is 1.71. The number of aliphatic hydroxyl groups is 1. The van der Waals surface area contributed by atoms with Crippen LogP contribution in [0.5, 0.6) is 5.75 Å². The van der Waals surface area contributed by atoms with E-state index in [2.05, 4.69) is 17.2 Å². The minimum atomic E-state index is 0.0269. The van der Waals surface area contributed by atoms with Crippen molar-refractivity contribution in [3.8, 4) is 5.75 Å². The zero-order valence-electron chi connectivity index (χ0n) is 8.36. The van der Waals surface area contributed by atoms with E-state index in [1.54, 1.807) is 6.20 Å². The molecule has 0 aliphatic carbocycles. The number of aliphatic hydroxyl groups excluding tert-OH is 1. The summed E-state index contributed by atoms with van der Waals surface area (Å²) in [5.74, 6) is 0.694. The van der Waals surface area contributed by atoms with E-state index >= 15 is 0 Å². The Balaban J connectivity index is 2.42. The first-order valence-corrected chi connectivity index (χ1v) is 4.76. The maximum Gasteiger partial charge on any atom is 0.137 e. The van der Waals surface area contributed by atoms with E-state index in [1.165, 1.54) is 0 Å². The first-order valence-electron chi connectivity index (χ1n) is 4.76. The number of rotatable bonds is 6. The molecule has 1 heterocycles. The normalized spacial score (nSPS) is 10.1. The number of aromatic nitrogens is 1. The molecule has 0 unspecified atom stereocenters. The number of ether oxygens (including phenoxy) is 1. The third-order valence-corrected chi connectivity index (χ3v) is 1.71. The zero-order valence-corrected chi connectivity index (χ0v) is 8.36. The third kappa shape index (κ3) is 3.72. The zero-order chi connectivity index (χ0) is 10.2. The van der Waals surface area contributed by atoms with Crippen molar-refractivity contribution in [1.29, 1.82) is 0 Å². The van der Waals surface area contributed by atoms with Gasteiger partial charge in [-0.1, -0.05) is 6.92 Å². The molecule has 1 aromatic heterocycles. The van der Waals surface area contributed by atoms with Gasteiger partial charge in [-0.3, -0.25) is 4.98 Å². The highest BCUT2D eigenvalue weighted by Crippen LogP contribution is 2.08. The highest BCUT2D eigenvalue weighted by Gasteiger charge is 1.95. The largest absolute Gasteiger partial charge is 0.490 e. The molecule has 4 nitrogen and oxygen atoms in total. The summed E-state index contributed by atoms with van der Waals surface area (Å²) in [7, 11) is 0. The smallest absolute Gasteiger partial charge is 0.137 e. The molecule has 1 aromatic rings. The van der Waals surface area contributed by atoms with Gasteiger partial charge in [0, 0.05) is 6.54 Å². The molecule has 1 rings (SSSR count). The molecule has 0 bridgehead atoms. The van der Waals surface area contributed by atoms with Crippen LogP contribution in [0.4, 0.5) is 0 Å². The monoisotopic (exact) mass is 196 g/mol. The lowest BCUT2D eigenvalue weighted by atomic mass is 10.3. The summed E-state index contributed by atoms with van der Waals surface area (Å²) >= 11 is 0. The lowest BCUT2D eigenvalue weighted by Crippen LogP contribution is -2.12. The predicted molar refractivity (Wildman–Crippen MR) is 54.2 cm³/mol. The molecule has 0 aromatic carbocycles. The van der Waals surface area contributed by atoms with Gasteiger partial charge < -0.3 is 15.2 Å². The van der Waals surface area contributed by atoms with Gasteiger partial charge in [0.2, 0.25) is 0 Å². The van der Waals surface area contributed by atoms with Crippen molar-refractivity contribution in [3.05, 3.63) is 24.0 Å². The molecule has 0 saturated carbocycles. The molecule has 4 heteroatoms. The molecular formula is C10H16N2O2. The van der Waals surface area contributed by atoms with Crippen LogP contribution in [0.3, 0.4) is 0 Å². The van der Waals surface area contributed by atoms with Crippen LogP contribution in [0.25, 0.3) is 0 Å². The van der Waals surface area contributed by atoms with Gasteiger partial charge in [0.1, 0.15) is 12.4 Å². The van der Waals surface area contributed by atoms with E-state index < -0.39 is 0 Å². The van der Waals surface area contributed by atoms with E-state index in [0.717, 1.165) is 18.8 Å². The van der Waals surface area contributed by atoms with Crippen molar-refractivity contribution in [2.75, 3.05) is 19.8 Å². The molecule has 0 saturated heterocycles. The van der Waals surface area contributed by atoms with E-state index in [1.807, 2.05) is 12.1 Å². The summed E-state index contributed by atoms with van der Waals surface area (Å²) in [5, 5.41) is 11.7. The van der Waals surface area contributed by atoms with Gasteiger partial charge in [-0.15, -0.1) is 0 Å². The van der Waals surface area contributed by atoms with Crippen LogP contribution in [0.15, 0.2) is 18.3 Å². The van der Waals surface area contributed by atoms with Crippen molar-refractivity contribution in [1.82, 2.24) is 10.3 Å². The van der Waals surface area contributed by atoms with E-state index in [-0.39, 0.29) is 6.61 Å². The Bertz CT molecular complexity index is 222. The fourth-order valence-electron chi connectivity index (χ4n) is 1.02. The van der Waals surface area contributed by atoms with Gasteiger partial charge in [0.05, 0.1) is 18.5 Å². The topological polar surface area (TPSA) is 54.4 Å². The van der Waals surface area contributed by atoms with Gasteiger partial charge in [0.25, 0.3) is 0 Å². The maximum atomic E-state index is 8.54. The summed E-state index contributed by atoms with van der Waals surface area (Å²) in [6.07, 6.45) is 1.67. The lowest BCUT2D eigenvalue weighted by Gasteiger charge is -2.05. The minimum Gasteiger partial charge on any atom is -0.490 e. The van der Waals surface area contributed by atoms with Crippen LogP contribution in [0.1, 0.15) is 12.6 Å². The van der Waals surface area contributed by atoms with Crippen LogP contribution in [0, 0.1) is 0 Å². The van der Waals surface area contributed by atoms with E-state index in [4.69, 9.17) is 9.84 Å². The van der Waals surface area contributed by atoms with Crippen molar-refractivity contribution < 1.29 is 9.84 Å². The molecule has 78 valence electrons. The maximum absolute atomic E-state index is 8.54. The molecule has 0 atom stereocenters. The van der Waals surface area contributed by atoms with Crippen molar-refractivity contribution >= 4 is 0 Å². The van der Waals surface area contributed by atoms with Gasteiger partial charge in [-0.05, 0) is 18.7 Å². The molecule has 0 aliphatic rings. The highest BCUT2D eigenvalue weighted by atomic mass is 16.5. The summed E-state index contributed by atoms with van der Waals surface area (Å²) in [6, 6.07) is 3.77. The van der Waals surface area contributed by atoms with Crippen LogP contribution in [-0.2, 0) is 6.54 Å². The van der Waals surface area contributed by atoms with Crippen molar-refractivity contribution in [2.24, 2.45) is 0 Å². The first-order chi connectivity index (χ1) is 6.86. The fourth-order valence-corrected chi connectivity index (χ4v) is 1.02. The van der Waals surface area contributed by atoms with Crippen LogP contribution < -0.4 is 10.1 Å². The molecule has 0 fully saturated rings. The van der Waals surface area contributed by atoms with E-state index in [9.17, 15) is 0 Å². The summed E-state index contributed by atoms with van der Waals surface area (Å²) in [5.41, 5.74) is 0.989. The fraction of sp³-hybridized carbons (Fsp3) is 0.500. The molecule has 0 aliphatic heterocycles. The Morgan fingerprint density at radius 2 is 2.36 bits per heavy atom. The number of hydrogen-bond donors (Lipinski definition) is 2. The minimum absolute atomic E-state index is 0.0269. The second-order valence-corrected chi connectivity index (χ2v) is 2.84. The van der Waals surface area contributed by atoms with Crippen molar-refractivity contribution in [3.63, 3.8) is 0 Å². The van der Waals surface area contributed by atoms with Crippen LogP contribution in [0.2, 0.25) is 0 Å². The predicted octanol–water partition coefficient (Wildman–Crippen LogP) is 0.562. The average molecular weight is 196 g/mol. The first kappa shape index (κ1) is 10.9. The molecular weight excluding hydrogens is 180 g/mol. The second kappa shape index (κ2) is 6.34. The Morgan fingerprint density at radius 3 is 2.93 bits per heavy atom. The second-order valence-electron chi connectivity index (χ2n) is 2.84. The Morgan fingerprint density at radius 1 is 1.50 bits per heavy atom. The number of nitrogens with one attached hydrogen (secondary N) is 1. The lowest BCUT2D eigenvalue weighted by molar-refractivity contribution is 0.201. The molecule has 2 N–H and O–H groups in total. The summed E-state index contributed by atoms with van der Waals surface area (Å²) in [6.45, 7) is 4.10. The summed E-state index contributed by atoms with van der Waals surface area (Å²) in [4.78, 5) is 4.20. The number of pyridine rings is 1. The quantitative estimate of drug-likeness (QED) is 0.698. The molecule has 14 heavy (non-hydrogen) atoms. The number of hydrogen-bond acceptors (Lipinski definition) is 4. The van der Waals surface area contributed by atoms with Crippen LogP contribution in [-0.4, -0.2) is 29.8 Å². The molecule has 0 radical (unpaired) electrons. The summed E-state index contributed by atoms with van der Waals surface area (Å²) < 4.78 is 5.18.